The van der Waals surface area contributed by atoms with E-state index in [4.69, 9.17) is 9.47 Å². The van der Waals surface area contributed by atoms with Gasteiger partial charge in [0.25, 0.3) is 0 Å². The van der Waals surface area contributed by atoms with Gasteiger partial charge in [-0.2, -0.15) is 0 Å². The highest BCUT2D eigenvalue weighted by Gasteiger charge is 2.29. The van der Waals surface area contributed by atoms with Crippen LogP contribution >= 0.6 is 0 Å². The van der Waals surface area contributed by atoms with Gasteiger partial charge in [0.05, 0.1) is 36.2 Å². The summed E-state index contributed by atoms with van der Waals surface area (Å²) >= 11 is 0. The molecule has 0 N–H and O–H groups in total. The van der Waals surface area contributed by atoms with Crippen molar-refractivity contribution < 1.29 is 9.47 Å². The Bertz CT molecular complexity index is 1200. The fraction of sp³-hybridized carbons (Fsp3) is 0.320. The molecule has 2 saturated heterocycles. The standard InChI is InChI=1S/C25H25N5O2/c1-2-21(31-11-1)16-32-22-14-29(15-22)19-3-5-20(6-4-19)30-17-28-24-13-27-23(12-25(24)30)18-7-9-26-10-8-18/h3-10,12-13,17,21-22H,1-2,11,14-16H2. The number of pyridine rings is 2. The average molecular weight is 428 g/mol. The molecule has 7 nitrogen and oxygen atoms in total. The Morgan fingerprint density at radius 2 is 1.81 bits per heavy atom. The summed E-state index contributed by atoms with van der Waals surface area (Å²) < 4.78 is 13.8. The van der Waals surface area contributed by atoms with Crippen LogP contribution in [0, 0.1) is 0 Å². The van der Waals surface area contributed by atoms with Crippen molar-refractivity contribution in [3.05, 3.63) is 67.4 Å². The van der Waals surface area contributed by atoms with Gasteiger partial charge in [-0.25, -0.2) is 4.98 Å². The molecule has 0 bridgehead atoms. The van der Waals surface area contributed by atoms with Crippen molar-refractivity contribution in [3.8, 4) is 16.9 Å². The number of hydrogen-bond acceptors (Lipinski definition) is 6. The number of imidazole rings is 1. The molecule has 0 amide bonds. The van der Waals surface area contributed by atoms with Gasteiger partial charge in [0.1, 0.15) is 11.8 Å². The Morgan fingerprint density at radius 3 is 2.59 bits per heavy atom. The molecule has 32 heavy (non-hydrogen) atoms. The first-order valence-corrected chi connectivity index (χ1v) is 11.2. The summed E-state index contributed by atoms with van der Waals surface area (Å²) in [5.41, 5.74) is 6.16. The van der Waals surface area contributed by atoms with Gasteiger partial charge in [0.15, 0.2) is 0 Å². The highest BCUT2D eigenvalue weighted by molar-refractivity contribution is 5.81. The Hall–Kier alpha value is -3.29. The average Bonchev–Trinajstić information content (AvgIpc) is 3.49. The molecule has 0 aliphatic carbocycles. The third-order valence-electron chi connectivity index (χ3n) is 6.29. The molecule has 162 valence electrons. The number of nitrogens with zero attached hydrogens (tertiary/aromatic N) is 5. The molecule has 2 aliphatic rings. The zero-order valence-electron chi connectivity index (χ0n) is 17.8. The fourth-order valence-electron chi connectivity index (χ4n) is 4.40. The summed E-state index contributed by atoms with van der Waals surface area (Å²) in [5, 5.41) is 0. The van der Waals surface area contributed by atoms with Gasteiger partial charge < -0.3 is 14.4 Å². The number of benzene rings is 1. The van der Waals surface area contributed by atoms with E-state index in [9.17, 15) is 0 Å². The van der Waals surface area contributed by atoms with Crippen molar-refractivity contribution in [2.24, 2.45) is 0 Å². The predicted octanol–water partition coefficient (Wildman–Crippen LogP) is 3.87. The van der Waals surface area contributed by atoms with Gasteiger partial charge in [0, 0.05) is 49.0 Å². The fourth-order valence-corrected chi connectivity index (χ4v) is 4.40. The van der Waals surface area contributed by atoms with Gasteiger partial charge in [0.2, 0.25) is 0 Å². The largest absolute Gasteiger partial charge is 0.376 e. The van der Waals surface area contributed by atoms with Crippen LogP contribution in [-0.2, 0) is 9.47 Å². The number of aromatic nitrogens is 4. The van der Waals surface area contributed by atoms with Crippen molar-refractivity contribution >= 4 is 16.7 Å². The minimum Gasteiger partial charge on any atom is -0.376 e. The predicted molar refractivity (Wildman–Crippen MR) is 123 cm³/mol. The van der Waals surface area contributed by atoms with Crippen molar-refractivity contribution in [1.29, 1.82) is 0 Å². The zero-order chi connectivity index (χ0) is 21.3. The number of ether oxygens (including phenoxy) is 2. The summed E-state index contributed by atoms with van der Waals surface area (Å²) in [6, 6.07) is 14.6. The van der Waals surface area contributed by atoms with Crippen molar-refractivity contribution in [2.75, 3.05) is 31.2 Å². The molecular weight excluding hydrogens is 402 g/mol. The van der Waals surface area contributed by atoms with Crippen LogP contribution in [-0.4, -0.2) is 58.0 Å². The highest BCUT2D eigenvalue weighted by Crippen LogP contribution is 2.27. The lowest BCUT2D eigenvalue weighted by molar-refractivity contribution is -0.0295. The van der Waals surface area contributed by atoms with E-state index in [1.165, 1.54) is 5.69 Å². The molecule has 4 aromatic rings. The third-order valence-corrected chi connectivity index (χ3v) is 6.29. The van der Waals surface area contributed by atoms with E-state index in [1.807, 2.05) is 24.7 Å². The van der Waals surface area contributed by atoms with Crippen LogP contribution in [0.3, 0.4) is 0 Å². The van der Waals surface area contributed by atoms with Gasteiger partial charge in [-0.3, -0.25) is 14.5 Å². The number of rotatable bonds is 6. The lowest BCUT2D eigenvalue weighted by Crippen LogP contribution is -2.53. The first-order chi connectivity index (χ1) is 15.8. The highest BCUT2D eigenvalue weighted by atomic mass is 16.5. The van der Waals surface area contributed by atoms with Crippen LogP contribution < -0.4 is 4.90 Å². The first kappa shape index (κ1) is 19.4. The van der Waals surface area contributed by atoms with Crippen LogP contribution in [0.5, 0.6) is 0 Å². The summed E-state index contributed by atoms with van der Waals surface area (Å²) in [4.78, 5) is 15.5. The molecule has 1 unspecified atom stereocenters. The van der Waals surface area contributed by atoms with E-state index in [0.717, 1.165) is 67.1 Å². The SMILES string of the molecule is c1cc(-c2cc3c(cn2)ncn3-c2ccc(N3CC(OCC4CCCO4)C3)cc2)ccn1. The number of fused-ring (bicyclic) bond motifs is 1. The lowest BCUT2D eigenvalue weighted by atomic mass is 10.1. The van der Waals surface area contributed by atoms with Crippen LogP contribution in [0.25, 0.3) is 28.0 Å². The zero-order valence-corrected chi connectivity index (χ0v) is 17.8. The summed E-state index contributed by atoms with van der Waals surface area (Å²) in [7, 11) is 0. The van der Waals surface area contributed by atoms with Crippen LogP contribution in [0.1, 0.15) is 12.8 Å². The smallest absolute Gasteiger partial charge is 0.107 e. The van der Waals surface area contributed by atoms with Gasteiger partial charge in [-0.05, 0) is 55.3 Å². The number of anilines is 1. The van der Waals surface area contributed by atoms with Crippen LogP contribution in [0.4, 0.5) is 5.69 Å². The summed E-state index contributed by atoms with van der Waals surface area (Å²) in [5.74, 6) is 0. The van der Waals surface area contributed by atoms with E-state index >= 15 is 0 Å². The van der Waals surface area contributed by atoms with E-state index < -0.39 is 0 Å². The van der Waals surface area contributed by atoms with Crippen LogP contribution in [0.15, 0.2) is 67.4 Å². The number of hydrogen-bond donors (Lipinski definition) is 0. The molecule has 2 fully saturated rings. The molecule has 1 atom stereocenters. The maximum atomic E-state index is 6.00. The molecule has 5 heterocycles. The summed E-state index contributed by atoms with van der Waals surface area (Å²) in [6.45, 7) is 3.47. The van der Waals surface area contributed by atoms with Crippen LogP contribution in [0.2, 0.25) is 0 Å². The lowest BCUT2D eigenvalue weighted by Gasteiger charge is -2.41. The molecular formula is C25H25N5O2. The monoisotopic (exact) mass is 427 g/mol. The third kappa shape index (κ3) is 3.74. The molecule has 6 rings (SSSR count). The van der Waals surface area contributed by atoms with E-state index in [0.29, 0.717) is 12.2 Å². The first-order valence-electron chi connectivity index (χ1n) is 11.2. The Kier molecular flexibility index (Phi) is 5.05. The van der Waals surface area contributed by atoms with Crippen molar-refractivity contribution in [3.63, 3.8) is 0 Å². The molecule has 2 aliphatic heterocycles. The molecule has 0 radical (unpaired) electrons. The van der Waals surface area contributed by atoms with Gasteiger partial charge in [-0.1, -0.05) is 0 Å². The van der Waals surface area contributed by atoms with E-state index in [1.54, 1.807) is 12.4 Å². The summed E-state index contributed by atoms with van der Waals surface area (Å²) in [6.07, 6.45) is 10.1. The van der Waals surface area contributed by atoms with Gasteiger partial charge in [-0.15, -0.1) is 0 Å². The molecule has 1 aromatic carbocycles. The second-order valence-electron chi connectivity index (χ2n) is 8.42. The minimum atomic E-state index is 0.294. The quantitative estimate of drug-likeness (QED) is 0.466. The van der Waals surface area contributed by atoms with E-state index in [2.05, 4.69) is 54.8 Å². The maximum absolute atomic E-state index is 6.00. The normalized spacial score (nSPS) is 18.9. The Morgan fingerprint density at radius 1 is 1.00 bits per heavy atom. The molecule has 3 aromatic heterocycles. The second-order valence-corrected chi connectivity index (χ2v) is 8.42. The Labute approximate surface area is 186 Å². The van der Waals surface area contributed by atoms with E-state index in [-0.39, 0.29) is 0 Å². The molecule has 0 spiro atoms. The molecule has 0 saturated carbocycles. The Balaban J connectivity index is 1.15. The second kappa shape index (κ2) is 8.33. The minimum absolute atomic E-state index is 0.294. The van der Waals surface area contributed by atoms with Crippen molar-refractivity contribution in [1.82, 2.24) is 19.5 Å². The molecule has 7 heteroatoms. The maximum Gasteiger partial charge on any atom is 0.107 e. The van der Waals surface area contributed by atoms with Gasteiger partial charge >= 0.3 is 0 Å². The topological polar surface area (TPSA) is 65.3 Å². The van der Waals surface area contributed by atoms with Crippen molar-refractivity contribution in [2.45, 2.75) is 25.0 Å².